The van der Waals surface area contributed by atoms with Crippen molar-refractivity contribution in [1.29, 1.82) is 0 Å². The first-order valence-corrected chi connectivity index (χ1v) is 13.4. The molecule has 178 valence electrons. The predicted octanol–water partition coefficient (Wildman–Crippen LogP) is 7.67. The van der Waals surface area contributed by atoms with Crippen molar-refractivity contribution in [2.75, 3.05) is 0 Å². The van der Waals surface area contributed by atoms with Crippen molar-refractivity contribution in [3.8, 4) is 17.2 Å². The summed E-state index contributed by atoms with van der Waals surface area (Å²) >= 11 is 0. The minimum Gasteiger partial charge on any atom is -0.504 e. The van der Waals surface area contributed by atoms with Gasteiger partial charge in [0.25, 0.3) is 10.1 Å². The lowest BCUT2D eigenvalue weighted by molar-refractivity contribution is 0.397. The van der Waals surface area contributed by atoms with Crippen LogP contribution in [0.4, 0.5) is 0 Å². The van der Waals surface area contributed by atoms with Crippen LogP contribution >= 0.6 is 0 Å². The fourth-order valence-electron chi connectivity index (χ4n) is 3.87. The number of aromatic hydroxyl groups is 1. The number of phenolic OH excluding ortho intramolecular Hbond substituents is 1. The van der Waals surface area contributed by atoms with Gasteiger partial charge < -0.3 is 9.84 Å². The lowest BCUT2D eigenvalue weighted by atomic mass is 10.0. The minimum atomic E-state index is -4.42. The van der Waals surface area contributed by atoms with Crippen LogP contribution in [0.3, 0.4) is 0 Å². The van der Waals surface area contributed by atoms with Crippen LogP contribution in [0.1, 0.15) is 89.5 Å². The van der Waals surface area contributed by atoms with E-state index < -0.39 is 10.1 Å². The van der Waals surface area contributed by atoms with Gasteiger partial charge in [-0.15, -0.1) is 0 Å². The van der Waals surface area contributed by atoms with Crippen LogP contribution in [-0.4, -0.2) is 18.1 Å². The molecule has 0 amide bonds. The van der Waals surface area contributed by atoms with E-state index in [2.05, 4.69) is 6.92 Å². The summed E-state index contributed by atoms with van der Waals surface area (Å²) in [4.78, 5) is -0.328. The van der Waals surface area contributed by atoms with E-state index in [-0.39, 0.29) is 22.1 Å². The monoisotopic (exact) mass is 462 g/mol. The highest BCUT2D eigenvalue weighted by molar-refractivity contribution is 7.86. The number of ether oxygens (including phenoxy) is 1. The third kappa shape index (κ3) is 9.21. The van der Waals surface area contributed by atoms with Crippen molar-refractivity contribution in [2.45, 2.75) is 95.3 Å². The molecule has 0 heterocycles. The first-order valence-electron chi connectivity index (χ1n) is 12.0. The van der Waals surface area contributed by atoms with Crippen molar-refractivity contribution in [2.24, 2.45) is 0 Å². The van der Waals surface area contributed by atoms with Crippen LogP contribution in [-0.2, 0) is 16.5 Å². The maximum absolute atomic E-state index is 11.5. The zero-order valence-electron chi connectivity index (χ0n) is 19.3. The Bertz CT molecular complexity index is 908. The molecule has 2 rings (SSSR count). The summed E-state index contributed by atoms with van der Waals surface area (Å²) in [6.45, 7) is 2.25. The molecule has 32 heavy (non-hydrogen) atoms. The van der Waals surface area contributed by atoms with Crippen LogP contribution in [0.15, 0.2) is 47.4 Å². The molecular formula is C26H38O5S. The van der Waals surface area contributed by atoms with Gasteiger partial charge in [0.2, 0.25) is 0 Å². The van der Waals surface area contributed by atoms with Gasteiger partial charge in [0.15, 0.2) is 11.5 Å². The molecule has 2 aromatic carbocycles. The Morgan fingerprint density at radius 1 is 0.719 bits per heavy atom. The molecule has 0 radical (unpaired) electrons. The number of benzene rings is 2. The van der Waals surface area contributed by atoms with Crippen LogP contribution < -0.4 is 4.74 Å². The van der Waals surface area contributed by atoms with E-state index in [0.29, 0.717) is 0 Å². The number of aryl methyl sites for hydroxylation is 1. The second kappa shape index (κ2) is 14.2. The van der Waals surface area contributed by atoms with Gasteiger partial charge in [-0.05, 0) is 36.6 Å². The average Bonchev–Trinajstić information content (AvgIpc) is 2.76. The normalized spacial score (nSPS) is 11.6. The van der Waals surface area contributed by atoms with Gasteiger partial charge in [0.05, 0.1) is 0 Å². The SMILES string of the molecule is CCCCCCCCCCCCCCc1cccc(Oc2ccccc2S(=O)(=O)O)c1O. The maximum Gasteiger partial charge on any atom is 0.298 e. The third-order valence-electron chi connectivity index (χ3n) is 5.73. The van der Waals surface area contributed by atoms with Crippen molar-refractivity contribution >= 4 is 10.1 Å². The van der Waals surface area contributed by atoms with E-state index in [1.165, 1.54) is 82.4 Å². The number of para-hydroxylation sites is 2. The number of unbranched alkanes of at least 4 members (excludes halogenated alkanes) is 11. The quantitative estimate of drug-likeness (QED) is 0.197. The number of hydrogen-bond acceptors (Lipinski definition) is 4. The summed E-state index contributed by atoms with van der Waals surface area (Å²) in [5.41, 5.74) is 0.777. The Kier molecular flexibility index (Phi) is 11.6. The van der Waals surface area contributed by atoms with E-state index in [1.54, 1.807) is 18.2 Å². The highest BCUT2D eigenvalue weighted by atomic mass is 32.2. The van der Waals surface area contributed by atoms with Crippen molar-refractivity contribution in [1.82, 2.24) is 0 Å². The summed E-state index contributed by atoms with van der Waals surface area (Å²) in [5, 5.41) is 10.6. The standard InChI is InChI=1S/C26H38O5S/c1-2-3-4-5-6-7-8-9-10-11-12-13-17-22-18-16-20-24(26(22)27)31-23-19-14-15-21-25(23)32(28,29)30/h14-16,18-21,27H,2-13,17H2,1H3,(H,28,29,30). The molecule has 2 N–H and O–H groups in total. The molecule has 0 unspecified atom stereocenters. The van der Waals surface area contributed by atoms with Crippen LogP contribution in [0.25, 0.3) is 0 Å². The highest BCUT2D eigenvalue weighted by Gasteiger charge is 2.18. The predicted molar refractivity (Wildman–Crippen MR) is 129 cm³/mol. The third-order valence-corrected chi connectivity index (χ3v) is 6.62. The molecule has 0 aliphatic rings. The number of hydrogen-bond donors (Lipinski definition) is 2. The second-order valence-electron chi connectivity index (χ2n) is 8.43. The summed E-state index contributed by atoms with van der Waals surface area (Å²) in [6, 6.07) is 11.0. The topological polar surface area (TPSA) is 83.8 Å². The van der Waals surface area contributed by atoms with Crippen molar-refractivity contribution in [3.05, 3.63) is 48.0 Å². The first kappa shape index (κ1) is 26.2. The molecule has 0 aromatic heterocycles. The van der Waals surface area contributed by atoms with Crippen LogP contribution in [0, 0.1) is 0 Å². The molecule has 5 nitrogen and oxygen atoms in total. The average molecular weight is 463 g/mol. The molecule has 0 atom stereocenters. The zero-order chi connectivity index (χ0) is 23.2. The molecule has 0 saturated heterocycles. The van der Waals surface area contributed by atoms with Gasteiger partial charge in [0.1, 0.15) is 10.6 Å². The van der Waals surface area contributed by atoms with E-state index in [4.69, 9.17) is 4.74 Å². The molecule has 0 aliphatic carbocycles. The van der Waals surface area contributed by atoms with Crippen LogP contribution in [0.5, 0.6) is 17.2 Å². The van der Waals surface area contributed by atoms with E-state index in [0.717, 1.165) is 24.8 Å². The van der Waals surface area contributed by atoms with Gasteiger partial charge in [-0.2, -0.15) is 8.42 Å². The van der Waals surface area contributed by atoms with E-state index in [1.807, 2.05) is 6.07 Å². The summed E-state index contributed by atoms with van der Waals surface area (Å²) < 4.78 is 38.1. The number of phenols is 1. The molecular weight excluding hydrogens is 424 g/mol. The Balaban J connectivity index is 1.74. The van der Waals surface area contributed by atoms with Crippen molar-refractivity contribution in [3.63, 3.8) is 0 Å². The fourth-order valence-corrected chi connectivity index (χ4v) is 4.49. The first-order chi connectivity index (χ1) is 15.4. The number of rotatable bonds is 16. The molecule has 0 fully saturated rings. The highest BCUT2D eigenvalue weighted by Crippen LogP contribution is 2.36. The van der Waals surface area contributed by atoms with E-state index in [9.17, 15) is 18.1 Å². The Morgan fingerprint density at radius 3 is 1.84 bits per heavy atom. The van der Waals surface area contributed by atoms with Gasteiger partial charge in [-0.1, -0.05) is 102 Å². The molecule has 0 aliphatic heterocycles. The van der Waals surface area contributed by atoms with Gasteiger partial charge in [0, 0.05) is 0 Å². The largest absolute Gasteiger partial charge is 0.504 e. The van der Waals surface area contributed by atoms with Gasteiger partial charge in [-0.25, -0.2) is 0 Å². The summed E-state index contributed by atoms with van der Waals surface area (Å²) in [5.74, 6) is 0.172. The summed E-state index contributed by atoms with van der Waals surface area (Å²) in [6.07, 6.45) is 16.1. The van der Waals surface area contributed by atoms with Gasteiger partial charge >= 0.3 is 0 Å². The molecule has 0 bridgehead atoms. The minimum absolute atomic E-state index is 0.0145. The molecule has 6 heteroatoms. The Labute approximate surface area is 193 Å². The van der Waals surface area contributed by atoms with Crippen LogP contribution in [0.2, 0.25) is 0 Å². The summed E-state index contributed by atoms with van der Waals surface area (Å²) in [7, 11) is -4.42. The lowest BCUT2D eigenvalue weighted by Crippen LogP contribution is -2.01. The Morgan fingerprint density at radius 2 is 1.25 bits per heavy atom. The Hall–Kier alpha value is -2.05. The smallest absolute Gasteiger partial charge is 0.298 e. The van der Waals surface area contributed by atoms with Gasteiger partial charge in [-0.3, -0.25) is 4.55 Å². The molecule has 0 saturated carbocycles. The second-order valence-corrected chi connectivity index (χ2v) is 9.82. The van der Waals surface area contributed by atoms with E-state index >= 15 is 0 Å². The molecule has 2 aromatic rings. The van der Waals surface area contributed by atoms with Crippen molar-refractivity contribution < 1.29 is 22.8 Å². The lowest BCUT2D eigenvalue weighted by Gasteiger charge is -2.13. The molecule has 0 spiro atoms. The maximum atomic E-state index is 11.5. The zero-order valence-corrected chi connectivity index (χ0v) is 20.1. The fraction of sp³-hybridized carbons (Fsp3) is 0.538.